The first-order valence-electron chi connectivity index (χ1n) is 11.9. The molecule has 32 heavy (non-hydrogen) atoms. The van der Waals surface area contributed by atoms with E-state index in [1.165, 1.54) is 11.1 Å². The summed E-state index contributed by atoms with van der Waals surface area (Å²) in [4.78, 5) is 0. The van der Waals surface area contributed by atoms with Gasteiger partial charge in [0, 0.05) is 0 Å². The highest BCUT2D eigenvalue weighted by molar-refractivity contribution is 5.43. The maximum Gasteiger partial charge on any atom is 0.122 e. The third-order valence-corrected chi connectivity index (χ3v) is 6.17. The van der Waals surface area contributed by atoms with Crippen molar-refractivity contribution in [2.75, 3.05) is 13.2 Å². The van der Waals surface area contributed by atoms with E-state index >= 15 is 0 Å². The third-order valence-electron chi connectivity index (χ3n) is 6.17. The van der Waals surface area contributed by atoms with Crippen LogP contribution in [0.4, 0.5) is 0 Å². The first kappa shape index (κ1) is 28.0. The normalized spacial score (nSPS) is 14.5. The Morgan fingerprint density at radius 1 is 1.12 bits per heavy atom. The van der Waals surface area contributed by atoms with Gasteiger partial charge in [-0.05, 0) is 68.2 Å². The van der Waals surface area contributed by atoms with Gasteiger partial charge in [-0.2, -0.15) is 0 Å². The lowest BCUT2D eigenvalue weighted by Crippen LogP contribution is -2.32. The fourth-order valence-corrected chi connectivity index (χ4v) is 3.98. The minimum Gasteiger partial charge on any atom is -0.493 e. The number of aliphatic hydroxyl groups is 1. The number of aryl methyl sites for hydroxylation is 1. The average molecular weight is 443 g/mol. The van der Waals surface area contributed by atoms with Crippen LogP contribution in [0.25, 0.3) is 0 Å². The van der Waals surface area contributed by atoms with E-state index in [-0.39, 0.29) is 23.4 Å². The van der Waals surface area contributed by atoms with Crippen LogP contribution in [0, 0.1) is 18.3 Å². The molecule has 180 valence electrons. The fraction of sp³-hybridized carbons (Fsp3) is 0.586. The summed E-state index contributed by atoms with van der Waals surface area (Å²) in [5.74, 6) is 2.09. The Morgan fingerprint density at radius 2 is 1.75 bits per heavy atom. The van der Waals surface area contributed by atoms with Gasteiger partial charge in [-0.3, -0.25) is 0 Å². The Bertz CT molecular complexity index is 787. The van der Waals surface area contributed by atoms with Crippen molar-refractivity contribution in [1.82, 2.24) is 0 Å². The molecule has 3 nitrogen and oxygen atoms in total. The number of rotatable bonds is 12. The number of hydrogen-bond donors (Lipinski definition) is 1. The van der Waals surface area contributed by atoms with Gasteiger partial charge in [-0.1, -0.05) is 78.0 Å². The molecule has 0 bridgehead atoms. The van der Waals surface area contributed by atoms with Gasteiger partial charge >= 0.3 is 0 Å². The van der Waals surface area contributed by atoms with Gasteiger partial charge in [0.25, 0.3) is 0 Å². The molecule has 0 amide bonds. The van der Waals surface area contributed by atoms with Gasteiger partial charge in [0.2, 0.25) is 0 Å². The molecule has 1 N–H and O–H groups in total. The van der Waals surface area contributed by atoms with Crippen molar-refractivity contribution < 1.29 is 14.6 Å². The van der Waals surface area contributed by atoms with Crippen molar-refractivity contribution in [2.24, 2.45) is 11.3 Å². The Balaban J connectivity index is 3.36. The molecule has 0 heterocycles. The number of aliphatic hydroxyl groups excluding tert-OH is 1. The molecule has 2 atom stereocenters. The van der Waals surface area contributed by atoms with Crippen molar-refractivity contribution in [3.05, 3.63) is 65.5 Å². The van der Waals surface area contributed by atoms with Crippen molar-refractivity contribution >= 4 is 0 Å². The van der Waals surface area contributed by atoms with E-state index in [1.807, 2.05) is 26.8 Å². The summed E-state index contributed by atoms with van der Waals surface area (Å²) in [5, 5.41) is 10.3. The minimum atomic E-state index is -0.523. The molecule has 1 rings (SSSR count). The SMILES string of the molecule is C=CCO/C(=C\C(C)C=C(C)C)C(CC)(CC)c1ccc(OCC(O)C(C)(C)C)c(C)c1. The highest BCUT2D eigenvalue weighted by Crippen LogP contribution is 2.41. The molecule has 0 fully saturated rings. The van der Waals surface area contributed by atoms with Gasteiger partial charge in [0.15, 0.2) is 0 Å². The van der Waals surface area contributed by atoms with Crippen molar-refractivity contribution in [2.45, 2.75) is 86.7 Å². The summed E-state index contributed by atoms with van der Waals surface area (Å²) < 4.78 is 12.3. The largest absolute Gasteiger partial charge is 0.493 e. The fourth-order valence-electron chi connectivity index (χ4n) is 3.98. The topological polar surface area (TPSA) is 38.7 Å². The Morgan fingerprint density at radius 3 is 2.22 bits per heavy atom. The van der Waals surface area contributed by atoms with Crippen LogP contribution in [0.15, 0.2) is 54.3 Å². The standard InChI is InChI=1S/C29H46O3/c1-11-16-31-27(18-22(6)17-21(4)5)29(12-2,13-3)24-14-15-25(23(7)19-24)32-20-26(30)28(8,9)10/h11,14-15,17-19,22,26,30H,1,12-13,16,20H2,2-10H3/b27-18-. The molecule has 0 radical (unpaired) electrons. The van der Waals surface area contributed by atoms with Crippen molar-refractivity contribution in [3.63, 3.8) is 0 Å². The Hall–Kier alpha value is -2.00. The Labute approximate surface area is 197 Å². The summed E-state index contributed by atoms with van der Waals surface area (Å²) in [6.45, 7) is 23.6. The van der Waals surface area contributed by atoms with E-state index in [0.717, 1.165) is 29.9 Å². The van der Waals surface area contributed by atoms with Crippen LogP contribution in [-0.4, -0.2) is 24.4 Å². The number of hydrogen-bond acceptors (Lipinski definition) is 3. The van der Waals surface area contributed by atoms with E-state index in [9.17, 15) is 5.11 Å². The quantitative estimate of drug-likeness (QED) is 0.268. The number of benzene rings is 1. The second-order valence-corrected chi connectivity index (χ2v) is 10.2. The molecule has 0 spiro atoms. The summed E-state index contributed by atoms with van der Waals surface area (Å²) in [5.41, 5.74) is 3.16. The van der Waals surface area contributed by atoms with Crippen molar-refractivity contribution in [1.29, 1.82) is 0 Å². The Kier molecular flexibility index (Phi) is 10.8. The van der Waals surface area contributed by atoms with Crippen LogP contribution in [0.5, 0.6) is 5.75 Å². The van der Waals surface area contributed by atoms with Crippen LogP contribution < -0.4 is 4.74 Å². The van der Waals surface area contributed by atoms with Crippen LogP contribution in [-0.2, 0) is 10.2 Å². The zero-order valence-corrected chi connectivity index (χ0v) is 21.9. The van der Waals surface area contributed by atoms with Gasteiger partial charge in [-0.25, -0.2) is 0 Å². The highest BCUT2D eigenvalue weighted by Gasteiger charge is 2.35. The van der Waals surface area contributed by atoms with E-state index in [1.54, 1.807) is 6.08 Å². The lowest BCUT2D eigenvalue weighted by Gasteiger charge is -2.35. The van der Waals surface area contributed by atoms with Crippen molar-refractivity contribution in [3.8, 4) is 5.75 Å². The summed E-state index contributed by atoms with van der Waals surface area (Å²) in [6, 6.07) is 6.39. The predicted molar refractivity (Wildman–Crippen MR) is 137 cm³/mol. The summed E-state index contributed by atoms with van der Waals surface area (Å²) in [7, 11) is 0. The van der Waals surface area contributed by atoms with Gasteiger partial charge in [0.05, 0.1) is 11.5 Å². The lowest BCUT2D eigenvalue weighted by molar-refractivity contribution is 0.0216. The minimum absolute atomic E-state index is 0.211. The zero-order valence-electron chi connectivity index (χ0n) is 21.9. The third kappa shape index (κ3) is 7.55. The number of allylic oxidation sites excluding steroid dienone is 4. The first-order valence-corrected chi connectivity index (χ1v) is 11.9. The second kappa shape index (κ2) is 12.3. The lowest BCUT2D eigenvalue weighted by atomic mass is 9.73. The molecule has 1 aromatic rings. The van der Waals surface area contributed by atoms with E-state index in [2.05, 4.69) is 72.4 Å². The van der Waals surface area contributed by atoms with Gasteiger partial charge < -0.3 is 14.6 Å². The second-order valence-electron chi connectivity index (χ2n) is 10.2. The molecular formula is C29H46O3. The van der Waals surface area contributed by atoms with Crippen LogP contribution in [0.3, 0.4) is 0 Å². The molecule has 3 heteroatoms. The van der Waals surface area contributed by atoms with E-state index < -0.39 is 6.10 Å². The average Bonchev–Trinajstić information content (AvgIpc) is 2.70. The van der Waals surface area contributed by atoms with Gasteiger partial charge in [-0.15, -0.1) is 0 Å². The van der Waals surface area contributed by atoms with Crippen LogP contribution >= 0.6 is 0 Å². The molecule has 0 saturated heterocycles. The van der Waals surface area contributed by atoms with Crippen LogP contribution in [0.1, 0.15) is 79.4 Å². The summed E-state index contributed by atoms with van der Waals surface area (Å²) in [6.07, 6.45) is 7.65. The molecule has 0 aliphatic carbocycles. The molecule has 1 aromatic carbocycles. The van der Waals surface area contributed by atoms with E-state index in [0.29, 0.717) is 6.61 Å². The molecule has 2 unspecified atom stereocenters. The molecule has 0 saturated carbocycles. The monoisotopic (exact) mass is 442 g/mol. The molecular weight excluding hydrogens is 396 g/mol. The van der Waals surface area contributed by atoms with Gasteiger partial charge in [0.1, 0.15) is 24.7 Å². The highest BCUT2D eigenvalue weighted by atomic mass is 16.5. The van der Waals surface area contributed by atoms with E-state index in [4.69, 9.17) is 9.47 Å². The molecule has 0 aromatic heterocycles. The zero-order chi connectivity index (χ0) is 24.5. The number of ether oxygens (including phenoxy) is 2. The summed E-state index contributed by atoms with van der Waals surface area (Å²) >= 11 is 0. The smallest absolute Gasteiger partial charge is 0.122 e. The first-order chi connectivity index (χ1) is 14.9. The predicted octanol–water partition coefficient (Wildman–Crippen LogP) is 7.53. The molecule has 0 aliphatic heterocycles. The van der Waals surface area contributed by atoms with Crippen LogP contribution in [0.2, 0.25) is 0 Å². The maximum absolute atomic E-state index is 10.3. The maximum atomic E-state index is 10.3. The molecule has 0 aliphatic rings.